The lowest BCUT2D eigenvalue weighted by molar-refractivity contribution is -0.119. The fourth-order valence-corrected chi connectivity index (χ4v) is 2.26. The number of ether oxygens (including phenoxy) is 2. The van der Waals surface area contributed by atoms with E-state index < -0.39 is 0 Å². The van der Waals surface area contributed by atoms with E-state index in [-0.39, 0.29) is 11.7 Å². The van der Waals surface area contributed by atoms with Crippen molar-refractivity contribution in [2.24, 2.45) is 5.73 Å². The molecule has 0 spiro atoms. The number of rotatable bonds is 5. The van der Waals surface area contributed by atoms with Crippen LogP contribution in [0.1, 0.15) is 39.0 Å². The topological polar surface area (TPSA) is 44.5 Å². The Morgan fingerprint density at radius 3 is 2.43 bits per heavy atom. The van der Waals surface area contributed by atoms with E-state index in [4.69, 9.17) is 15.2 Å². The van der Waals surface area contributed by atoms with E-state index in [0.717, 1.165) is 12.8 Å². The van der Waals surface area contributed by atoms with E-state index in [9.17, 15) is 0 Å². The predicted molar refractivity (Wildman–Crippen MR) is 57.3 cm³/mol. The smallest absolute Gasteiger partial charge is 0.0808 e. The summed E-state index contributed by atoms with van der Waals surface area (Å²) in [5, 5.41) is 0. The SMILES string of the molecule is COCC(C)OC1(CN)CCCCC1. The number of nitrogens with two attached hydrogens (primary N) is 1. The van der Waals surface area contributed by atoms with Crippen LogP contribution in [0.5, 0.6) is 0 Å². The fraction of sp³-hybridized carbons (Fsp3) is 1.00. The van der Waals surface area contributed by atoms with E-state index in [1.807, 2.05) is 0 Å². The zero-order valence-corrected chi connectivity index (χ0v) is 9.42. The van der Waals surface area contributed by atoms with Crippen molar-refractivity contribution in [3.63, 3.8) is 0 Å². The highest BCUT2D eigenvalue weighted by molar-refractivity contribution is 4.86. The highest BCUT2D eigenvalue weighted by atomic mass is 16.5. The fourth-order valence-electron chi connectivity index (χ4n) is 2.26. The van der Waals surface area contributed by atoms with E-state index in [1.165, 1.54) is 19.3 Å². The Hall–Kier alpha value is -0.120. The highest BCUT2D eigenvalue weighted by Gasteiger charge is 2.32. The number of hydrogen-bond acceptors (Lipinski definition) is 3. The zero-order valence-electron chi connectivity index (χ0n) is 9.42. The highest BCUT2D eigenvalue weighted by Crippen LogP contribution is 2.31. The second-order valence-corrected chi connectivity index (χ2v) is 4.33. The van der Waals surface area contributed by atoms with Crippen LogP contribution in [0, 0.1) is 0 Å². The third-order valence-corrected chi connectivity index (χ3v) is 2.99. The molecule has 3 nitrogen and oxygen atoms in total. The van der Waals surface area contributed by atoms with Crippen molar-refractivity contribution in [1.82, 2.24) is 0 Å². The third-order valence-electron chi connectivity index (χ3n) is 2.99. The molecular formula is C11H23NO2. The van der Waals surface area contributed by atoms with Crippen LogP contribution in [-0.2, 0) is 9.47 Å². The lowest BCUT2D eigenvalue weighted by atomic mass is 9.84. The molecule has 2 N–H and O–H groups in total. The van der Waals surface area contributed by atoms with Gasteiger partial charge in [0, 0.05) is 13.7 Å². The Labute approximate surface area is 86.9 Å². The summed E-state index contributed by atoms with van der Waals surface area (Å²) in [5.41, 5.74) is 5.76. The molecule has 0 radical (unpaired) electrons. The molecule has 0 saturated heterocycles. The zero-order chi connectivity index (χ0) is 10.4. The molecule has 0 aromatic heterocycles. The van der Waals surface area contributed by atoms with Gasteiger partial charge < -0.3 is 15.2 Å². The predicted octanol–water partition coefficient (Wildman–Crippen LogP) is 1.70. The van der Waals surface area contributed by atoms with Gasteiger partial charge in [0.1, 0.15) is 0 Å². The molecule has 0 aromatic rings. The van der Waals surface area contributed by atoms with Gasteiger partial charge in [0.2, 0.25) is 0 Å². The standard InChI is InChI=1S/C11H23NO2/c1-10(8-13-2)14-11(9-12)6-4-3-5-7-11/h10H,3-9,12H2,1-2H3. The van der Waals surface area contributed by atoms with Crippen LogP contribution < -0.4 is 5.73 Å². The molecule has 1 unspecified atom stereocenters. The Bertz CT molecular complexity index is 155. The average molecular weight is 201 g/mol. The van der Waals surface area contributed by atoms with Crippen LogP contribution in [-0.4, -0.2) is 32.0 Å². The molecule has 3 heteroatoms. The summed E-state index contributed by atoms with van der Waals surface area (Å²) >= 11 is 0. The first-order chi connectivity index (χ1) is 6.72. The molecular weight excluding hydrogens is 178 g/mol. The normalized spacial score (nSPS) is 23.4. The molecule has 0 amide bonds. The molecule has 1 fully saturated rings. The Morgan fingerprint density at radius 1 is 1.29 bits per heavy atom. The van der Waals surface area contributed by atoms with Crippen LogP contribution in [0.25, 0.3) is 0 Å². The summed E-state index contributed by atoms with van der Waals surface area (Å²) < 4.78 is 11.1. The first kappa shape index (κ1) is 12.0. The monoisotopic (exact) mass is 201 g/mol. The van der Waals surface area contributed by atoms with Gasteiger partial charge in [0.15, 0.2) is 0 Å². The minimum Gasteiger partial charge on any atom is -0.382 e. The maximum absolute atomic E-state index is 6.02. The van der Waals surface area contributed by atoms with Crippen LogP contribution in [0.4, 0.5) is 0 Å². The lowest BCUT2D eigenvalue weighted by Crippen LogP contribution is -2.45. The maximum atomic E-state index is 6.02. The summed E-state index contributed by atoms with van der Waals surface area (Å²) in [7, 11) is 1.70. The van der Waals surface area contributed by atoms with Gasteiger partial charge in [0.25, 0.3) is 0 Å². The van der Waals surface area contributed by atoms with Gasteiger partial charge in [-0.15, -0.1) is 0 Å². The van der Waals surface area contributed by atoms with E-state index in [0.29, 0.717) is 13.2 Å². The lowest BCUT2D eigenvalue weighted by Gasteiger charge is -2.38. The number of methoxy groups -OCH3 is 1. The molecule has 14 heavy (non-hydrogen) atoms. The van der Waals surface area contributed by atoms with E-state index in [1.54, 1.807) is 7.11 Å². The van der Waals surface area contributed by atoms with E-state index in [2.05, 4.69) is 6.92 Å². The first-order valence-corrected chi connectivity index (χ1v) is 5.59. The molecule has 1 saturated carbocycles. The van der Waals surface area contributed by atoms with Crippen LogP contribution in [0.15, 0.2) is 0 Å². The Kier molecular flexibility index (Phi) is 4.85. The van der Waals surface area contributed by atoms with E-state index >= 15 is 0 Å². The van der Waals surface area contributed by atoms with Gasteiger partial charge in [-0.1, -0.05) is 19.3 Å². The van der Waals surface area contributed by atoms with Crippen LogP contribution in [0.2, 0.25) is 0 Å². The summed E-state index contributed by atoms with van der Waals surface area (Å²) in [6.45, 7) is 3.35. The van der Waals surface area contributed by atoms with Crippen molar-refractivity contribution in [3.05, 3.63) is 0 Å². The number of hydrogen-bond donors (Lipinski definition) is 1. The molecule has 0 bridgehead atoms. The first-order valence-electron chi connectivity index (χ1n) is 5.59. The second kappa shape index (κ2) is 5.69. The van der Waals surface area contributed by atoms with Crippen molar-refractivity contribution in [2.45, 2.75) is 50.7 Å². The second-order valence-electron chi connectivity index (χ2n) is 4.33. The third kappa shape index (κ3) is 3.23. The van der Waals surface area contributed by atoms with Gasteiger partial charge in [-0.25, -0.2) is 0 Å². The minimum atomic E-state index is -0.0593. The molecule has 0 aromatic carbocycles. The molecule has 0 heterocycles. The Balaban J connectivity index is 2.42. The van der Waals surface area contributed by atoms with Crippen LogP contribution in [0.3, 0.4) is 0 Å². The van der Waals surface area contributed by atoms with Gasteiger partial charge in [-0.3, -0.25) is 0 Å². The molecule has 1 rings (SSSR count). The van der Waals surface area contributed by atoms with Crippen molar-refractivity contribution in [2.75, 3.05) is 20.3 Å². The van der Waals surface area contributed by atoms with Crippen molar-refractivity contribution in [3.8, 4) is 0 Å². The van der Waals surface area contributed by atoms with Crippen molar-refractivity contribution in [1.29, 1.82) is 0 Å². The largest absolute Gasteiger partial charge is 0.382 e. The van der Waals surface area contributed by atoms with Gasteiger partial charge in [-0.05, 0) is 19.8 Å². The van der Waals surface area contributed by atoms with Crippen molar-refractivity contribution < 1.29 is 9.47 Å². The van der Waals surface area contributed by atoms with Crippen LogP contribution >= 0.6 is 0 Å². The van der Waals surface area contributed by atoms with Crippen molar-refractivity contribution >= 4 is 0 Å². The maximum Gasteiger partial charge on any atom is 0.0808 e. The average Bonchev–Trinajstić information content (AvgIpc) is 2.19. The summed E-state index contributed by atoms with van der Waals surface area (Å²) in [6, 6.07) is 0. The summed E-state index contributed by atoms with van der Waals surface area (Å²) in [4.78, 5) is 0. The molecule has 84 valence electrons. The van der Waals surface area contributed by atoms with Gasteiger partial charge >= 0.3 is 0 Å². The summed E-state index contributed by atoms with van der Waals surface area (Å²) in [6.07, 6.45) is 6.19. The summed E-state index contributed by atoms with van der Waals surface area (Å²) in [5.74, 6) is 0. The van der Waals surface area contributed by atoms with Gasteiger partial charge in [0.05, 0.1) is 18.3 Å². The quantitative estimate of drug-likeness (QED) is 0.736. The molecule has 0 aliphatic heterocycles. The molecule has 1 aliphatic rings. The molecule has 1 aliphatic carbocycles. The Morgan fingerprint density at radius 2 is 1.93 bits per heavy atom. The molecule has 1 atom stereocenters. The minimum absolute atomic E-state index is 0.0593. The van der Waals surface area contributed by atoms with Gasteiger partial charge in [-0.2, -0.15) is 0 Å².